The molecule has 0 saturated carbocycles. The van der Waals surface area contributed by atoms with Crippen LogP contribution in [0.25, 0.3) is 0 Å². The van der Waals surface area contributed by atoms with Gasteiger partial charge in [0.15, 0.2) is 0 Å². The first-order valence-corrected chi connectivity index (χ1v) is 6.73. The third-order valence-electron chi connectivity index (χ3n) is 2.26. The molecule has 1 heterocycles. The van der Waals surface area contributed by atoms with E-state index in [1.165, 1.54) is 0 Å². The lowest BCUT2D eigenvalue weighted by Gasteiger charge is -2.19. The molecular formula is C11H10BrIN4. The summed E-state index contributed by atoms with van der Waals surface area (Å²) in [4.78, 5) is 10.2. The van der Waals surface area contributed by atoms with Crippen LogP contribution >= 0.6 is 38.5 Å². The Bertz CT molecular complexity index is 526. The fourth-order valence-electron chi connectivity index (χ4n) is 1.44. The van der Waals surface area contributed by atoms with E-state index in [0.717, 1.165) is 19.7 Å². The van der Waals surface area contributed by atoms with Crippen molar-refractivity contribution in [2.75, 3.05) is 17.7 Å². The molecule has 0 aliphatic rings. The number of rotatable bonds is 2. The number of benzene rings is 1. The lowest BCUT2D eigenvalue weighted by Crippen LogP contribution is -2.13. The van der Waals surface area contributed by atoms with Crippen molar-refractivity contribution in [2.45, 2.75) is 0 Å². The maximum atomic E-state index is 5.65. The fourth-order valence-corrected chi connectivity index (χ4v) is 2.52. The Labute approximate surface area is 122 Å². The van der Waals surface area contributed by atoms with Crippen LogP contribution in [0, 0.1) is 3.70 Å². The molecule has 1 aromatic heterocycles. The van der Waals surface area contributed by atoms with Gasteiger partial charge in [0.05, 0.1) is 5.69 Å². The van der Waals surface area contributed by atoms with Crippen LogP contribution in [0.4, 0.5) is 17.5 Å². The second-order valence-electron chi connectivity index (χ2n) is 3.42. The van der Waals surface area contributed by atoms with Crippen molar-refractivity contribution < 1.29 is 0 Å². The highest BCUT2D eigenvalue weighted by molar-refractivity contribution is 14.1. The Kier molecular flexibility index (Phi) is 3.82. The first kappa shape index (κ1) is 12.6. The minimum atomic E-state index is 0.283. The zero-order chi connectivity index (χ0) is 12.4. The van der Waals surface area contributed by atoms with Gasteiger partial charge in [-0.1, -0.05) is 12.1 Å². The summed E-state index contributed by atoms with van der Waals surface area (Å²) in [6, 6.07) is 9.83. The maximum absolute atomic E-state index is 5.65. The molecule has 0 saturated heterocycles. The van der Waals surface area contributed by atoms with E-state index < -0.39 is 0 Å². The van der Waals surface area contributed by atoms with Crippen LogP contribution < -0.4 is 10.6 Å². The van der Waals surface area contributed by atoms with Crippen molar-refractivity contribution >= 4 is 56.0 Å². The molecule has 17 heavy (non-hydrogen) atoms. The van der Waals surface area contributed by atoms with Crippen LogP contribution in [0.5, 0.6) is 0 Å². The second kappa shape index (κ2) is 5.18. The van der Waals surface area contributed by atoms with Gasteiger partial charge in [0.1, 0.15) is 9.52 Å². The first-order valence-electron chi connectivity index (χ1n) is 4.86. The summed E-state index contributed by atoms with van der Waals surface area (Å²) in [5.74, 6) is 1.06. The van der Waals surface area contributed by atoms with Crippen LogP contribution in [0.2, 0.25) is 0 Å². The summed E-state index contributed by atoms with van der Waals surface area (Å²) in [5.41, 5.74) is 6.68. The van der Waals surface area contributed by atoms with Crippen molar-refractivity contribution in [3.63, 3.8) is 0 Å². The molecule has 0 aliphatic carbocycles. The number of hydrogen-bond acceptors (Lipinski definition) is 4. The summed E-state index contributed by atoms with van der Waals surface area (Å²) < 4.78 is 1.83. The molecule has 0 unspecified atom stereocenters. The summed E-state index contributed by atoms with van der Waals surface area (Å²) >= 11 is 5.64. The zero-order valence-corrected chi connectivity index (χ0v) is 12.8. The SMILES string of the molecule is CN(c1cc(I)nc(N)n1)c1ccccc1Br. The van der Waals surface area contributed by atoms with Gasteiger partial charge >= 0.3 is 0 Å². The van der Waals surface area contributed by atoms with E-state index in [2.05, 4.69) is 48.5 Å². The van der Waals surface area contributed by atoms with Crippen LogP contribution in [-0.2, 0) is 0 Å². The lowest BCUT2D eigenvalue weighted by molar-refractivity contribution is 1.07. The number of hydrogen-bond donors (Lipinski definition) is 1. The second-order valence-corrected chi connectivity index (χ2v) is 5.38. The number of nitrogens with two attached hydrogens (primary N) is 1. The third kappa shape index (κ3) is 2.86. The largest absolute Gasteiger partial charge is 0.368 e. The minimum Gasteiger partial charge on any atom is -0.368 e. The van der Waals surface area contributed by atoms with E-state index in [-0.39, 0.29) is 5.95 Å². The van der Waals surface area contributed by atoms with E-state index in [9.17, 15) is 0 Å². The van der Waals surface area contributed by atoms with Crippen LogP contribution in [0.15, 0.2) is 34.8 Å². The van der Waals surface area contributed by atoms with E-state index in [1.807, 2.05) is 42.3 Å². The topological polar surface area (TPSA) is 55.0 Å². The Morgan fingerprint density at radius 1 is 1.29 bits per heavy atom. The predicted octanol–water partition coefficient (Wildman–Crippen LogP) is 3.19. The fraction of sp³-hybridized carbons (Fsp3) is 0.0909. The smallest absolute Gasteiger partial charge is 0.222 e. The van der Waals surface area contributed by atoms with E-state index in [0.29, 0.717) is 0 Å². The predicted molar refractivity (Wildman–Crippen MR) is 81.4 cm³/mol. The monoisotopic (exact) mass is 404 g/mol. The Balaban J connectivity index is 2.43. The molecule has 6 heteroatoms. The average molecular weight is 405 g/mol. The zero-order valence-electron chi connectivity index (χ0n) is 9.06. The molecule has 0 atom stereocenters. The number of halogens is 2. The average Bonchev–Trinajstić information content (AvgIpc) is 2.27. The van der Waals surface area contributed by atoms with Gasteiger partial charge in [-0.15, -0.1) is 0 Å². The number of nitrogen functional groups attached to an aromatic ring is 1. The van der Waals surface area contributed by atoms with Crippen molar-refractivity contribution in [3.8, 4) is 0 Å². The lowest BCUT2D eigenvalue weighted by atomic mass is 10.3. The molecule has 2 rings (SSSR count). The molecule has 0 spiro atoms. The molecule has 1 aromatic carbocycles. The van der Waals surface area contributed by atoms with Crippen LogP contribution in [0.1, 0.15) is 0 Å². The number of aromatic nitrogens is 2. The molecule has 0 amide bonds. The van der Waals surface area contributed by atoms with Crippen LogP contribution in [0.3, 0.4) is 0 Å². The van der Waals surface area contributed by atoms with Crippen molar-refractivity contribution in [3.05, 3.63) is 38.5 Å². The summed E-state index contributed by atoms with van der Waals surface area (Å²) in [6.07, 6.45) is 0. The van der Waals surface area contributed by atoms with Gasteiger partial charge in [-0.05, 0) is 50.7 Å². The molecule has 4 nitrogen and oxygen atoms in total. The van der Waals surface area contributed by atoms with Gasteiger partial charge in [-0.25, -0.2) is 4.98 Å². The van der Waals surface area contributed by atoms with Gasteiger partial charge < -0.3 is 10.6 Å². The summed E-state index contributed by atoms with van der Waals surface area (Å²) in [5, 5.41) is 0. The normalized spacial score (nSPS) is 10.3. The highest BCUT2D eigenvalue weighted by atomic mass is 127. The molecule has 88 valence electrons. The van der Waals surface area contributed by atoms with E-state index in [1.54, 1.807) is 0 Å². The summed E-state index contributed by atoms with van der Waals surface area (Å²) in [7, 11) is 1.94. The molecule has 0 aliphatic heterocycles. The highest BCUT2D eigenvalue weighted by Gasteiger charge is 2.10. The van der Waals surface area contributed by atoms with Gasteiger partial charge in [0, 0.05) is 17.6 Å². The summed E-state index contributed by atoms with van der Waals surface area (Å²) in [6.45, 7) is 0. The first-order chi connectivity index (χ1) is 8.08. The third-order valence-corrected chi connectivity index (χ3v) is 3.48. The maximum Gasteiger partial charge on any atom is 0.222 e. The quantitative estimate of drug-likeness (QED) is 0.616. The standard InChI is InChI=1S/C11H10BrIN4/c1-17(8-5-3-2-4-7(8)12)10-6-9(13)15-11(14)16-10/h2-6H,1H3,(H2,14,15,16). The van der Waals surface area contributed by atoms with E-state index >= 15 is 0 Å². The van der Waals surface area contributed by atoms with Crippen molar-refractivity contribution in [1.29, 1.82) is 0 Å². The van der Waals surface area contributed by atoms with Crippen molar-refractivity contribution in [1.82, 2.24) is 9.97 Å². The van der Waals surface area contributed by atoms with Crippen molar-refractivity contribution in [2.24, 2.45) is 0 Å². The van der Waals surface area contributed by atoms with Gasteiger partial charge in [-0.3, -0.25) is 0 Å². The van der Waals surface area contributed by atoms with Gasteiger partial charge in [0.2, 0.25) is 5.95 Å². The molecule has 2 aromatic rings. The van der Waals surface area contributed by atoms with Gasteiger partial charge in [0.25, 0.3) is 0 Å². The molecular weight excluding hydrogens is 395 g/mol. The van der Waals surface area contributed by atoms with E-state index in [4.69, 9.17) is 5.73 Å². The highest BCUT2D eigenvalue weighted by Crippen LogP contribution is 2.29. The number of nitrogens with zero attached hydrogens (tertiary/aromatic N) is 3. The Hall–Kier alpha value is -0.890. The molecule has 0 fully saturated rings. The minimum absolute atomic E-state index is 0.283. The van der Waals surface area contributed by atoms with Gasteiger partial charge in [-0.2, -0.15) is 4.98 Å². The molecule has 0 radical (unpaired) electrons. The molecule has 2 N–H and O–H groups in total. The Morgan fingerprint density at radius 2 is 2.00 bits per heavy atom. The molecule has 0 bridgehead atoms. The Morgan fingerprint density at radius 3 is 2.65 bits per heavy atom. The van der Waals surface area contributed by atoms with Crippen LogP contribution in [-0.4, -0.2) is 17.0 Å². The number of para-hydroxylation sites is 1. The number of anilines is 3.